The van der Waals surface area contributed by atoms with E-state index in [4.69, 9.17) is 4.74 Å². The first-order chi connectivity index (χ1) is 10.2. The molecule has 0 unspecified atom stereocenters. The van der Waals surface area contributed by atoms with Crippen molar-refractivity contribution < 1.29 is 4.74 Å². The van der Waals surface area contributed by atoms with Crippen molar-refractivity contribution in [3.8, 4) is 16.9 Å². The number of hydrogen-bond acceptors (Lipinski definition) is 2. The molecule has 0 bridgehead atoms. The molecule has 2 aromatic carbocycles. The number of nitrogens with one attached hydrogen (secondary N) is 1. The fraction of sp³-hybridized carbons (Fsp3) is 0.167. The molecule has 1 atom stereocenters. The number of pyridine rings is 1. The van der Waals surface area contributed by atoms with Gasteiger partial charge in [-0.2, -0.15) is 0 Å². The quantitative estimate of drug-likeness (QED) is 0.737. The Kier molecular flexibility index (Phi) is 2.45. The number of rotatable bonds is 1. The van der Waals surface area contributed by atoms with Crippen LogP contribution in [0.4, 0.5) is 0 Å². The summed E-state index contributed by atoms with van der Waals surface area (Å²) in [5.41, 5.74) is 5.03. The van der Waals surface area contributed by atoms with Gasteiger partial charge in [0, 0.05) is 22.4 Å². The molecular weight excluding hydrogens is 262 g/mol. The van der Waals surface area contributed by atoms with Crippen LogP contribution >= 0.6 is 0 Å². The highest BCUT2D eigenvalue weighted by molar-refractivity contribution is 6.01. The van der Waals surface area contributed by atoms with Gasteiger partial charge in [0.1, 0.15) is 5.75 Å². The lowest BCUT2D eigenvalue weighted by atomic mass is 9.99. The number of ether oxygens (including phenoxy) is 1. The van der Waals surface area contributed by atoms with Crippen LogP contribution in [-0.2, 0) is 0 Å². The van der Waals surface area contributed by atoms with E-state index in [0.29, 0.717) is 5.75 Å². The Hall–Kier alpha value is -2.55. The van der Waals surface area contributed by atoms with Crippen LogP contribution in [0.15, 0.2) is 47.3 Å². The van der Waals surface area contributed by atoms with Gasteiger partial charge in [-0.25, -0.2) is 0 Å². The molecule has 0 fully saturated rings. The maximum Gasteiger partial charge on any atom is 0.252 e. The van der Waals surface area contributed by atoms with Crippen molar-refractivity contribution in [3.63, 3.8) is 0 Å². The Labute approximate surface area is 122 Å². The molecular formula is C18H15NO2. The molecule has 0 amide bonds. The molecule has 21 heavy (non-hydrogen) atoms. The van der Waals surface area contributed by atoms with E-state index in [0.717, 1.165) is 27.6 Å². The van der Waals surface area contributed by atoms with E-state index >= 15 is 0 Å². The number of H-pyrrole nitrogens is 1. The van der Waals surface area contributed by atoms with Crippen LogP contribution in [0, 0.1) is 0 Å². The van der Waals surface area contributed by atoms with E-state index in [1.807, 2.05) is 30.3 Å². The molecule has 3 nitrogen and oxygen atoms in total. The Morgan fingerprint density at radius 1 is 1.10 bits per heavy atom. The molecule has 0 saturated carbocycles. The van der Waals surface area contributed by atoms with E-state index in [-0.39, 0.29) is 11.5 Å². The second-order valence-electron chi connectivity index (χ2n) is 5.43. The minimum atomic E-state index is -0.0225. The summed E-state index contributed by atoms with van der Waals surface area (Å²) in [6.45, 7) is 2.09. The molecule has 0 spiro atoms. The van der Waals surface area contributed by atoms with Gasteiger partial charge in [0.2, 0.25) is 0 Å². The smallest absolute Gasteiger partial charge is 0.252 e. The molecule has 1 heterocycles. The van der Waals surface area contributed by atoms with Crippen molar-refractivity contribution in [2.45, 2.75) is 12.8 Å². The van der Waals surface area contributed by atoms with Crippen LogP contribution < -0.4 is 10.3 Å². The van der Waals surface area contributed by atoms with Gasteiger partial charge in [0.25, 0.3) is 5.56 Å². The first kappa shape index (κ1) is 12.2. The third-order valence-corrected chi connectivity index (χ3v) is 4.40. The second-order valence-corrected chi connectivity index (χ2v) is 5.43. The van der Waals surface area contributed by atoms with Crippen molar-refractivity contribution in [1.29, 1.82) is 0 Å². The molecule has 1 aliphatic carbocycles. The van der Waals surface area contributed by atoms with Gasteiger partial charge < -0.3 is 9.72 Å². The van der Waals surface area contributed by atoms with Gasteiger partial charge in [-0.15, -0.1) is 0 Å². The monoisotopic (exact) mass is 277 g/mol. The van der Waals surface area contributed by atoms with E-state index < -0.39 is 0 Å². The van der Waals surface area contributed by atoms with Crippen molar-refractivity contribution in [2.75, 3.05) is 7.11 Å². The minimum absolute atomic E-state index is 0.0225. The van der Waals surface area contributed by atoms with Crippen LogP contribution in [0.3, 0.4) is 0 Å². The number of para-hydroxylation sites is 1. The highest BCUT2D eigenvalue weighted by atomic mass is 16.5. The lowest BCUT2D eigenvalue weighted by Gasteiger charge is -2.10. The Bertz CT molecular complexity index is 924. The molecule has 0 aliphatic heterocycles. The lowest BCUT2D eigenvalue weighted by Crippen LogP contribution is -2.14. The molecule has 0 radical (unpaired) electrons. The van der Waals surface area contributed by atoms with Crippen LogP contribution in [0.1, 0.15) is 24.0 Å². The van der Waals surface area contributed by atoms with E-state index in [9.17, 15) is 4.79 Å². The van der Waals surface area contributed by atoms with Gasteiger partial charge in [0.05, 0.1) is 12.6 Å². The number of hydrogen-bond donors (Lipinski definition) is 1. The Morgan fingerprint density at radius 3 is 2.71 bits per heavy atom. The zero-order chi connectivity index (χ0) is 14.6. The third kappa shape index (κ3) is 1.51. The highest BCUT2D eigenvalue weighted by Crippen LogP contribution is 2.46. The van der Waals surface area contributed by atoms with E-state index in [2.05, 4.69) is 24.0 Å². The van der Waals surface area contributed by atoms with Crippen LogP contribution in [0.2, 0.25) is 0 Å². The summed E-state index contributed by atoms with van der Waals surface area (Å²) in [5, 5.41) is 1.04. The minimum Gasteiger partial charge on any atom is -0.495 e. The standard InChI is InChI=1S/C18H15NO2/c1-10-11-6-3-4-7-12(11)16-13-8-5-9-14(21-2)17(13)19-18(20)15(10)16/h3-10H,1-2H3,(H,19,20)/t10-/m1/s1. The molecule has 0 saturated heterocycles. The van der Waals surface area contributed by atoms with Crippen molar-refractivity contribution in [3.05, 3.63) is 63.9 Å². The topological polar surface area (TPSA) is 42.1 Å². The van der Waals surface area contributed by atoms with Crippen molar-refractivity contribution in [2.24, 2.45) is 0 Å². The Balaban J connectivity index is 2.22. The van der Waals surface area contributed by atoms with Gasteiger partial charge >= 0.3 is 0 Å². The normalized spacial score (nSPS) is 15.8. The number of methoxy groups -OCH3 is 1. The third-order valence-electron chi connectivity index (χ3n) is 4.40. The molecule has 1 aromatic heterocycles. The van der Waals surface area contributed by atoms with Gasteiger partial charge in [-0.3, -0.25) is 4.79 Å². The zero-order valence-electron chi connectivity index (χ0n) is 11.9. The van der Waals surface area contributed by atoms with Crippen molar-refractivity contribution in [1.82, 2.24) is 4.98 Å². The molecule has 104 valence electrons. The maximum atomic E-state index is 12.6. The van der Waals surface area contributed by atoms with Crippen LogP contribution in [0.5, 0.6) is 5.75 Å². The Morgan fingerprint density at radius 2 is 1.90 bits per heavy atom. The number of fused-ring (bicyclic) bond motifs is 5. The average Bonchev–Trinajstić information content (AvgIpc) is 2.82. The number of aromatic amines is 1. The van der Waals surface area contributed by atoms with Crippen LogP contribution in [0.25, 0.3) is 22.0 Å². The maximum absolute atomic E-state index is 12.6. The molecule has 1 N–H and O–H groups in total. The summed E-state index contributed by atoms with van der Waals surface area (Å²) in [6, 6.07) is 14.1. The fourth-order valence-corrected chi connectivity index (χ4v) is 3.44. The summed E-state index contributed by atoms with van der Waals surface area (Å²) in [4.78, 5) is 15.6. The zero-order valence-corrected chi connectivity index (χ0v) is 11.9. The lowest BCUT2D eigenvalue weighted by molar-refractivity contribution is 0.419. The first-order valence-electron chi connectivity index (χ1n) is 7.04. The number of benzene rings is 2. The summed E-state index contributed by atoms with van der Waals surface area (Å²) in [5.74, 6) is 0.819. The van der Waals surface area contributed by atoms with Gasteiger partial charge in [-0.1, -0.05) is 43.3 Å². The largest absolute Gasteiger partial charge is 0.495 e. The van der Waals surface area contributed by atoms with Gasteiger partial charge in [-0.05, 0) is 17.2 Å². The molecule has 3 aromatic rings. The fourth-order valence-electron chi connectivity index (χ4n) is 3.44. The summed E-state index contributed by atoms with van der Waals surface area (Å²) in [7, 11) is 1.62. The summed E-state index contributed by atoms with van der Waals surface area (Å²) in [6.07, 6.45) is 0. The SMILES string of the molecule is COc1cccc2c3c(c(=O)[nH]c12)[C@H](C)c1ccccc1-3. The highest BCUT2D eigenvalue weighted by Gasteiger charge is 2.30. The van der Waals surface area contributed by atoms with Crippen LogP contribution in [-0.4, -0.2) is 12.1 Å². The summed E-state index contributed by atoms with van der Waals surface area (Å²) < 4.78 is 5.39. The summed E-state index contributed by atoms with van der Waals surface area (Å²) >= 11 is 0. The molecule has 4 rings (SSSR count). The predicted molar refractivity (Wildman–Crippen MR) is 84.1 cm³/mol. The van der Waals surface area contributed by atoms with E-state index in [1.165, 1.54) is 5.56 Å². The predicted octanol–water partition coefficient (Wildman–Crippen LogP) is 3.67. The van der Waals surface area contributed by atoms with Crippen molar-refractivity contribution >= 4 is 10.9 Å². The second kappa shape index (κ2) is 4.22. The first-order valence-corrected chi connectivity index (χ1v) is 7.04. The average molecular weight is 277 g/mol. The van der Waals surface area contributed by atoms with E-state index in [1.54, 1.807) is 7.11 Å². The number of aromatic nitrogens is 1. The van der Waals surface area contributed by atoms with Gasteiger partial charge in [0.15, 0.2) is 0 Å². The molecule has 3 heteroatoms. The molecule has 1 aliphatic rings.